The van der Waals surface area contributed by atoms with Gasteiger partial charge in [-0.1, -0.05) is 63.2 Å². The van der Waals surface area contributed by atoms with Crippen LogP contribution in [0.4, 0.5) is 10.7 Å². The average Bonchev–Trinajstić information content (AvgIpc) is 3.46. The molecule has 2 aromatic heterocycles. The number of hydrogen-bond acceptors (Lipinski definition) is 5. The molecule has 0 saturated heterocycles. The number of rotatable bonds is 6. The van der Waals surface area contributed by atoms with Crippen LogP contribution in [0, 0.1) is 6.92 Å². The third-order valence-corrected chi connectivity index (χ3v) is 8.43. The van der Waals surface area contributed by atoms with Crippen LogP contribution in [0.25, 0.3) is 22.0 Å². The first-order valence-corrected chi connectivity index (χ1v) is 14.4. The van der Waals surface area contributed by atoms with Crippen molar-refractivity contribution in [2.24, 2.45) is 0 Å². The zero-order valence-corrected chi connectivity index (χ0v) is 23.1. The number of H-pyrrole nitrogens is 1. The highest BCUT2D eigenvalue weighted by Crippen LogP contribution is 2.35. The number of aromatic amines is 1. The Bertz CT molecular complexity index is 1730. The number of hydrogen-bond donors (Lipinski definition) is 3. The van der Waals surface area contributed by atoms with Crippen molar-refractivity contribution in [3.8, 4) is 11.1 Å². The molecule has 3 aromatic carbocycles. The molecule has 5 aromatic rings. The highest BCUT2D eigenvalue weighted by Gasteiger charge is 2.22. The van der Waals surface area contributed by atoms with Gasteiger partial charge in [0.1, 0.15) is 10.7 Å². The molecule has 38 heavy (non-hydrogen) atoms. The van der Waals surface area contributed by atoms with E-state index in [1.165, 1.54) is 11.5 Å². The number of amides is 1. The van der Waals surface area contributed by atoms with E-state index in [0.29, 0.717) is 27.5 Å². The minimum Gasteiger partial charge on any atom is -0.350 e. The van der Waals surface area contributed by atoms with Gasteiger partial charge in [-0.25, -0.2) is 8.42 Å². The molecule has 0 saturated carbocycles. The smallest absolute Gasteiger partial charge is 0.273 e. The molecular formula is C29H28N4O3S2. The van der Waals surface area contributed by atoms with Gasteiger partial charge in [0, 0.05) is 22.2 Å². The highest BCUT2D eigenvalue weighted by molar-refractivity contribution is 7.92. The lowest BCUT2D eigenvalue weighted by molar-refractivity contribution is 0.102. The first-order chi connectivity index (χ1) is 18.0. The normalized spacial score (nSPS) is 12.0. The minimum absolute atomic E-state index is 0.0777. The van der Waals surface area contributed by atoms with E-state index in [1.54, 1.807) is 30.3 Å². The molecule has 5 rings (SSSR count). The fraction of sp³-hybridized carbons (Fsp3) is 0.172. The van der Waals surface area contributed by atoms with Crippen molar-refractivity contribution in [1.82, 2.24) is 9.36 Å². The summed E-state index contributed by atoms with van der Waals surface area (Å²) in [5.41, 5.74) is 4.83. The summed E-state index contributed by atoms with van der Waals surface area (Å²) in [7, 11) is -3.81. The van der Waals surface area contributed by atoms with Crippen LogP contribution in [-0.4, -0.2) is 23.7 Å². The molecule has 0 atom stereocenters. The number of sulfonamides is 1. The summed E-state index contributed by atoms with van der Waals surface area (Å²) in [6, 6.07) is 23.5. The van der Waals surface area contributed by atoms with E-state index in [4.69, 9.17) is 0 Å². The van der Waals surface area contributed by atoms with Crippen LogP contribution in [0.2, 0.25) is 0 Å². The predicted molar refractivity (Wildman–Crippen MR) is 154 cm³/mol. The van der Waals surface area contributed by atoms with Gasteiger partial charge in [0.15, 0.2) is 0 Å². The van der Waals surface area contributed by atoms with Gasteiger partial charge in [0.25, 0.3) is 15.9 Å². The molecule has 0 aliphatic carbocycles. The Kier molecular flexibility index (Phi) is 6.58. The third-order valence-electron chi connectivity index (χ3n) is 6.24. The molecule has 0 spiro atoms. The van der Waals surface area contributed by atoms with E-state index in [2.05, 4.69) is 40.2 Å². The Morgan fingerprint density at radius 3 is 2.29 bits per heavy atom. The largest absolute Gasteiger partial charge is 0.350 e. The number of carbonyl (C=O) groups excluding carboxylic acids is 1. The number of aryl methyl sites for hydroxylation is 1. The Labute approximate surface area is 226 Å². The lowest BCUT2D eigenvalue weighted by Gasteiger charge is -2.19. The number of fused-ring (bicyclic) bond motifs is 1. The molecule has 3 N–H and O–H groups in total. The van der Waals surface area contributed by atoms with Crippen LogP contribution in [-0.2, 0) is 15.4 Å². The summed E-state index contributed by atoms with van der Waals surface area (Å²) in [6.07, 6.45) is 0. The Balaban J connectivity index is 1.53. The van der Waals surface area contributed by atoms with Gasteiger partial charge in [0.05, 0.1) is 10.6 Å². The highest BCUT2D eigenvalue weighted by atomic mass is 32.2. The van der Waals surface area contributed by atoms with Crippen molar-refractivity contribution in [2.45, 2.75) is 38.0 Å². The molecule has 0 radical (unpaired) electrons. The van der Waals surface area contributed by atoms with Gasteiger partial charge < -0.3 is 10.3 Å². The summed E-state index contributed by atoms with van der Waals surface area (Å²) >= 11 is 1.22. The summed E-state index contributed by atoms with van der Waals surface area (Å²) in [5, 5.41) is 4.29. The standard InChI is InChI=1S/C29H28N4O3S2/c1-18-16-25(37-32-18)31-28(34)27-26(19-8-6-5-7-9-19)23-17-21(12-15-24(23)30-27)33-38(35,36)22-13-10-20(11-14-22)29(2,3)4/h5-17,30,33H,1-4H3,(H,31,34). The Morgan fingerprint density at radius 1 is 0.947 bits per heavy atom. The molecule has 9 heteroatoms. The minimum atomic E-state index is -3.81. The van der Waals surface area contributed by atoms with Crippen LogP contribution >= 0.6 is 11.5 Å². The fourth-order valence-corrected chi connectivity index (χ4v) is 5.98. The first kappa shape index (κ1) is 25.7. The first-order valence-electron chi connectivity index (χ1n) is 12.1. The second-order valence-electron chi connectivity index (χ2n) is 10.2. The van der Waals surface area contributed by atoms with Gasteiger partial charge in [-0.2, -0.15) is 4.37 Å². The number of benzene rings is 3. The zero-order chi connectivity index (χ0) is 27.1. The summed E-state index contributed by atoms with van der Waals surface area (Å²) < 4.78 is 33.3. The molecule has 0 fully saturated rings. The van der Waals surface area contributed by atoms with E-state index >= 15 is 0 Å². The third kappa shape index (κ3) is 5.20. The quantitative estimate of drug-likeness (QED) is 0.215. The number of nitrogens with zero attached hydrogens (tertiary/aromatic N) is 1. The van der Waals surface area contributed by atoms with Gasteiger partial charge >= 0.3 is 0 Å². The van der Waals surface area contributed by atoms with Crippen LogP contribution in [0.15, 0.2) is 83.8 Å². The van der Waals surface area contributed by atoms with Crippen LogP contribution < -0.4 is 10.0 Å². The van der Waals surface area contributed by atoms with Crippen molar-refractivity contribution >= 4 is 49.1 Å². The molecule has 1 amide bonds. The summed E-state index contributed by atoms with van der Waals surface area (Å²) in [4.78, 5) is 16.7. The van der Waals surface area contributed by atoms with E-state index in [0.717, 1.165) is 22.2 Å². The number of nitrogens with one attached hydrogen (secondary N) is 3. The maximum absolute atomic E-state index is 13.3. The SMILES string of the molecule is Cc1cc(NC(=O)c2[nH]c3ccc(NS(=O)(=O)c4ccc(C(C)(C)C)cc4)cc3c2-c2ccccc2)sn1. The summed E-state index contributed by atoms with van der Waals surface area (Å²) in [5.74, 6) is -0.301. The van der Waals surface area contributed by atoms with Gasteiger partial charge in [-0.05, 0) is 71.4 Å². The van der Waals surface area contributed by atoms with Crippen LogP contribution in [0.5, 0.6) is 0 Å². The second kappa shape index (κ2) is 9.74. The molecule has 0 bridgehead atoms. The topological polar surface area (TPSA) is 104 Å². The Hall–Kier alpha value is -3.95. The van der Waals surface area contributed by atoms with Crippen molar-refractivity contribution in [3.63, 3.8) is 0 Å². The number of carbonyl (C=O) groups is 1. The van der Waals surface area contributed by atoms with Crippen molar-refractivity contribution < 1.29 is 13.2 Å². The van der Waals surface area contributed by atoms with Gasteiger partial charge in [-0.3, -0.25) is 9.52 Å². The van der Waals surface area contributed by atoms with Crippen LogP contribution in [0.1, 0.15) is 42.5 Å². The van der Waals surface area contributed by atoms with E-state index in [-0.39, 0.29) is 16.2 Å². The molecule has 0 aliphatic rings. The molecule has 194 valence electrons. The van der Waals surface area contributed by atoms with E-state index < -0.39 is 10.0 Å². The van der Waals surface area contributed by atoms with Gasteiger partial charge in [0.2, 0.25) is 0 Å². The maximum Gasteiger partial charge on any atom is 0.273 e. The molecule has 7 nitrogen and oxygen atoms in total. The zero-order valence-electron chi connectivity index (χ0n) is 21.5. The lowest BCUT2D eigenvalue weighted by Crippen LogP contribution is -2.14. The molecule has 2 heterocycles. The fourth-order valence-electron chi connectivity index (χ4n) is 4.28. The average molecular weight is 545 g/mol. The number of anilines is 2. The van der Waals surface area contributed by atoms with Crippen LogP contribution in [0.3, 0.4) is 0 Å². The van der Waals surface area contributed by atoms with Crippen molar-refractivity contribution in [3.05, 3.63) is 95.8 Å². The predicted octanol–water partition coefficient (Wildman–Crippen LogP) is 6.95. The van der Waals surface area contributed by atoms with Crippen molar-refractivity contribution in [2.75, 3.05) is 10.0 Å². The Morgan fingerprint density at radius 2 is 1.66 bits per heavy atom. The molecular weight excluding hydrogens is 516 g/mol. The number of aromatic nitrogens is 2. The van der Waals surface area contributed by atoms with Gasteiger partial charge in [-0.15, -0.1) is 0 Å². The van der Waals surface area contributed by atoms with Crippen molar-refractivity contribution in [1.29, 1.82) is 0 Å². The van der Waals surface area contributed by atoms with E-state index in [1.807, 2.05) is 55.5 Å². The molecule has 0 unspecified atom stereocenters. The molecule has 0 aliphatic heterocycles. The lowest BCUT2D eigenvalue weighted by atomic mass is 9.87. The summed E-state index contributed by atoms with van der Waals surface area (Å²) in [6.45, 7) is 8.11. The monoisotopic (exact) mass is 544 g/mol. The maximum atomic E-state index is 13.3. The second-order valence-corrected chi connectivity index (χ2v) is 12.7. The van der Waals surface area contributed by atoms with E-state index in [9.17, 15) is 13.2 Å².